The number of nitrogens with zero attached hydrogens (tertiary/aromatic N) is 2. The molecule has 1 atom stereocenters. The number of oxime groups is 1. The third kappa shape index (κ3) is 3.10. The van der Waals surface area contributed by atoms with Crippen molar-refractivity contribution in [2.24, 2.45) is 5.16 Å². The number of fused-ring (bicyclic) bond motifs is 1. The van der Waals surface area contributed by atoms with E-state index in [1.807, 2.05) is 24.3 Å². The van der Waals surface area contributed by atoms with Gasteiger partial charge in [0.1, 0.15) is 12.4 Å². The Hall–Kier alpha value is -2.67. The Bertz CT molecular complexity index is 877. The lowest BCUT2D eigenvalue weighted by Crippen LogP contribution is -2.35. The van der Waals surface area contributed by atoms with Gasteiger partial charge < -0.3 is 9.57 Å². The van der Waals surface area contributed by atoms with Crippen LogP contribution in [0.4, 0.5) is 0 Å². The zero-order chi connectivity index (χ0) is 18.1. The molecule has 7 heteroatoms. The SMILES string of the molecule is O=C1c2ccccc2C(=O)N1CC1=NOC(COc2ccccc2Br)C1. The molecule has 0 N–H and O–H groups in total. The molecule has 132 valence electrons. The Balaban J connectivity index is 1.35. The number of imide groups is 1. The van der Waals surface area contributed by atoms with E-state index < -0.39 is 0 Å². The maximum Gasteiger partial charge on any atom is 0.261 e. The molecule has 2 amide bonds. The quantitative estimate of drug-likeness (QED) is 0.704. The Labute approximate surface area is 158 Å². The summed E-state index contributed by atoms with van der Waals surface area (Å²) in [5, 5.41) is 4.03. The number of rotatable bonds is 5. The molecular formula is C19H15BrN2O4. The summed E-state index contributed by atoms with van der Waals surface area (Å²) in [6.07, 6.45) is 0.269. The van der Waals surface area contributed by atoms with Gasteiger partial charge in [0, 0.05) is 6.42 Å². The van der Waals surface area contributed by atoms with Gasteiger partial charge in [0.2, 0.25) is 0 Å². The number of benzene rings is 2. The Kier molecular flexibility index (Phi) is 4.46. The third-order valence-corrected chi connectivity index (χ3v) is 4.93. The van der Waals surface area contributed by atoms with Crippen LogP contribution in [-0.4, -0.2) is 41.7 Å². The van der Waals surface area contributed by atoms with Gasteiger partial charge in [-0.25, -0.2) is 0 Å². The van der Waals surface area contributed by atoms with Gasteiger partial charge in [-0.1, -0.05) is 29.4 Å². The maximum atomic E-state index is 12.4. The summed E-state index contributed by atoms with van der Waals surface area (Å²) in [4.78, 5) is 31.4. The van der Waals surface area contributed by atoms with Crippen LogP contribution in [-0.2, 0) is 4.84 Å². The molecule has 4 rings (SSSR count). The van der Waals surface area contributed by atoms with Crippen molar-refractivity contribution in [3.8, 4) is 5.75 Å². The molecule has 0 saturated heterocycles. The molecule has 2 aromatic carbocycles. The number of carbonyl (C=O) groups is 2. The molecule has 0 saturated carbocycles. The first-order valence-electron chi connectivity index (χ1n) is 8.17. The van der Waals surface area contributed by atoms with Crippen molar-refractivity contribution >= 4 is 33.5 Å². The lowest BCUT2D eigenvalue weighted by atomic mass is 10.1. The van der Waals surface area contributed by atoms with E-state index in [0.29, 0.717) is 29.9 Å². The van der Waals surface area contributed by atoms with Crippen LogP contribution in [0, 0.1) is 0 Å². The number of halogens is 1. The van der Waals surface area contributed by atoms with Crippen molar-refractivity contribution in [3.63, 3.8) is 0 Å². The first-order chi connectivity index (χ1) is 12.6. The fourth-order valence-electron chi connectivity index (χ4n) is 2.98. The van der Waals surface area contributed by atoms with E-state index in [-0.39, 0.29) is 24.5 Å². The highest BCUT2D eigenvalue weighted by Crippen LogP contribution is 2.26. The van der Waals surface area contributed by atoms with Crippen molar-refractivity contribution in [1.82, 2.24) is 4.90 Å². The summed E-state index contributed by atoms with van der Waals surface area (Å²) in [6.45, 7) is 0.468. The van der Waals surface area contributed by atoms with Crippen LogP contribution >= 0.6 is 15.9 Å². The highest BCUT2D eigenvalue weighted by atomic mass is 79.9. The van der Waals surface area contributed by atoms with E-state index >= 15 is 0 Å². The fraction of sp³-hybridized carbons (Fsp3) is 0.211. The largest absolute Gasteiger partial charge is 0.488 e. The second-order valence-corrected chi connectivity index (χ2v) is 6.93. The minimum atomic E-state index is -0.291. The van der Waals surface area contributed by atoms with Crippen LogP contribution in [0.3, 0.4) is 0 Å². The van der Waals surface area contributed by atoms with E-state index in [4.69, 9.17) is 9.57 Å². The lowest BCUT2D eigenvalue weighted by Gasteiger charge is -2.13. The normalized spacial score (nSPS) is 18.6. The molecular weight excluding hydrogens is 400 g/mol. The molecule has 26 heavy (non-hydrogen) atoms. The van der Waals surface area contributed by atoms with Crippen LogP contribution in [0.5, 0.6) is 5.75 Å². The topological polar surface area (TPSA) is 68.2 Å². The van der Waals surface area contributed by atoms with Crippen molar-refractivity contribution in [2.45, 2.75) is 12.5 Å². The molecule has 0 aromatic heterocycles. The molecule has 0 radical (unpaired) electrons. The van der Waals surface area contributed by atoms with E-state index in [2.05, 4.69) is 21.1 Å². The van der Waals surface area contributed by atoms with E-state index in [9.17, 15) is 9.59 Å². The predicted molar refractivity (Wildman–Crippen MR) is 98.4 cm³/mol. The molecule has 2 aliphatic rings. The average molecular weight is 415 g/mol. The number of hydrogen-bond donors (Lipinski definition) is 0. The smallest absolute Gasteiger partial charge is 0.261 e. The number of hydrogen-bond acceptors (Lipinski definition) is 5. The summed E-state index contributed by atoms with van der Waals surface area (Å²) in [6, 6.07) is 14.4. The molecule has 2 heterocycles. The predicted octanol–water partition coefficient (Wildman–Crippen LogP) is 3.27. The van der Waals surface area contributed by atoms with Crippen LogP contribution in [0.25, 0.3) is 0 Å². The van der Waals surface area contributed by atoms with Crippen molar-refractivity contribution in [1.29, 1.82) is 0 Å². The summed E-state index contributed by atoms with van der Waals surface area (Å²) >= 11 is 3.43. The second kappa shape index (κ2) is 6.92. The van der Waals surface area contributed by atoms with Gasteiger partial charge in [-0.15, -0.1) is 0 Å². The molecule has 0 spiro atoms. The van der Waals surface area contributed by atoms with Gasteiger partial charge >= 0.3 is 0 Å². The molecule has 0 aliphatic carbocycles. The molecule has 0 fully saturated rings. The summed E-state index contributed by atoms with van der Waals surface area (Å²) in [7, 11) is 0. The molecule has 6 nitrogen and oxygen atoms in total. The minimum absolute atomic E-state index is 0.137. The first-order valence-corrected chi connectivity index (χ1v) is 8.97. The van der Waals surface area contributed by atoms with Crippen LogP contribution in [0.1, 0.15) is 27.1 Å². The fourth-order valence-corrected chi connectivity index (χ4v) is 3.38. The third-order valence-electron chi connectivity index (χ3n) is 4.27. The summed E-state index contributed by atoms with van der Waals surface area (Å²) < 4.78 is 6.61. The first kappa shape index (κ1) is 16.8. The zero-order valence-electron chi connectivity index (χ0n) is 13.7. The molecule has 1 unspecified atom stereocenters. The van der Waals surface area contributed by atoms with Crippen molar-refractivity contribution in [2.75, 3.05) is 13.2 Å². The number of amides is 2. The van der Waals surface area contributed by atoms with Gasteiger partial charge in [-0.05, 0) is 40.2 Å². The van der Waals surface area contributed by atoms with E-state index in [1.54, 1.807) is 24.3 Å². The van der Waals surface area contributed by atoms with Crippen LogP contribution in [0.2, 0.25) is 0 Å². The van der Waals surface area contributed by atoms with Gasteiger partial charge in [-0.3, -0.25) is 14.5 Å². The lowest BCUT2D eigenvalue weighted by molar-refractivity contribution is 0.0468. The van der Waals surface area contributed by atoms with E-state index in [1.165, 1.54) is 4.90 Å². The molecule has 2 aliphatic heterocycles. The summed E-state index contributed by atoms with van der Waals surface area (Å²) in [5.74, 6) is 0.146. The van der Waals surface area contributed by atoms with Gasteiger partial charge in [0.25, 0.3) is 11.8 Å². The van der Waals surface area contributed by atoms with Crippen molar-refractivity contribution < 1.29 is 19.2 Å². The summed E-state index contributed by atoms with van der Waals surface area (Å²) in [5.41, 5.74) is 1.52. The Morgan fingerprint density at radius 2 is 1.73 bits per heavy atom. The van der Waals surface area contributed by atoms with Crippen LogP contribution in [0.15, 0.2) is 58.2 Å². The van der Waals surface area contributed by atoms with Gasteiger partial charge in [0.15, 0.2) is 6.10 Å². The molecule has 2 aromatic rings. The second-order valence-electron chi connectivity index (χ2n) is 6.07. The van der Waals surface area contributed by atoms with Crippen LogP contribution < -0.4 is 4.74 Å². The minimum Gasteiger partial charge on any atom is -0.488 e. The number of para-hydroxylation sites is 1. The average Bonchev–Trinajstić information content (AvgIpc) is 3.20. The Morgan fingerprint density at radius 3 is 2.42 bits per heavy atom. The Morgan fingerprint density at radius 1 is 1.08 bits per heavy atom. The molecule has 0 bridgehead atoms. The zero-order valence-corrected chi connectivity index (χ0v) is 15.3. The maximum absolute atomic E-state index is 12.4. The number of carbonyl (C=O) groups excluding carboxylic acids is 2. The highest BCUT2D eigenvalue weighted by molar-refractivity contribution is 9.10. The van der Waals surface area contributed by atoms with Crippen molar-refractivity contribution in [3.05, 3.63) is 64.1 Å². The van der Waals surface area contributed by atoms with Gasteiger partial charge in [0.05, 0.1) is 27.9 Å². The highest BCUT2D eigenvalue weighted by Gasteiger charge is 2.37. The van der Waals surface area contributed by atoms with Gasteiger partial charge in [-0.2, -0.15) is 0 Å². The monoisotopic (exact) mass is 414 g/mol. The van der Waals surface area contributed by atoms with E-state index in [0.717, 1.165) is 10.2 Å². The standard InChI is InChI=1S/C19H15BrN2O4/c20-16-7-3-4-8-17(16)25-11-13-9-12(21-26-13)10-22-18(23)14-5-1-2-6-15(14)19(22)24/h1-8,13H,9-11H2. The number of ether oxygens (including phenoxy) is 1.